The molecule has 2 rings (SSSR count). The molecule has 1 aromatic carbocycles. The highest BCUT2D eigenvalue weighted by atomic mass is 16.3. The number of para-hydroxylation sites is 1. The van der Waals surface area contributed by atoms with E-state index in [2.05, 4.69) is 10.3 Å². The van der Waals surface area contributed by atoms with Gasteiger partial charge in [-0.15, -0.1) is 0 Å². The maximum Gasteiger partial charge on any atom is 0.253 e. The van der Waals surface area contributed by atoms with Gasteiger partial charge in [-0.3, -0.25) is 9.78 Å². The Bertz CT molecular complexity index is 567. The first kappa shape index (κ1) is 12.1. The first-order valence-corrected chi connectivity index (χ1v) is 5.63. The third-order valence-electron chi connectivity index (χ3n) is 2.57. The van der Waals surface area contributed by atoms with Crippen molar-refractivity contribution in [2.75, 3.05) is 0 Å². The number of phenols is 1. The molecule has 0 aliphatic heterocycles. The number of amides is 1. The molecule has 2 aromatic rings. The number of benzene rings is 1. The lowest BCUT2D eigenvalue weighted by Crippen LogP contribution is -2.23. The molecule has 0 aliphatic rings. The van der Waals surface area contributed by atoms with Gasteiger partial charge >= 0.3 is 0 Å². The van der Waals surface area contributed by atoms with Crippen molar-refractivity contribution in [1.29, 1.82) is 0 Å². The van der Waals surface area contributed by atoms with E-state index in [1.165, 1.54) is 6.20 Å². The summed E-state index contributed by atoms with van der Waals surface area (Å²) < 4.78 is 0. The van der Waals surface area contributed by atoms with Crippen LogP contribution >= 0.6 is 0 Å². The van der Waals surface area contributed by atoms with Crippen molar-refractivity contribution in [2.24, 2.45) is 0 Å². The minimum absolute atomic E-state index is 0.181. The van der Waals surface area contributed by atoms with Crippen molar-refractivity contribution < 1.29 is 9.90 Å². The molecular weight excluding hydrogens is 228 g/mol. The van der Waals surface area contributed by atoms with Crippen molar-refractivity contribution in [1.82, 2.24) is 10.3 Å². The first-order valence-electron chi connectivity index (χ1n) is 5.63. The van der Waals surface area contributed by atoms with Gasteiger partial charge in [-0.2, -0.15) is 0 Å². The Hall–Kier alpha value is -2.36. The van der Waals surface area contributed by atoms with Gasteiger partial charge < -0.3 is 10.4 Å². The van der Waals surface area contributed by atoms with E-state index in [9.17, 15) is 9.90 Å². The van der Waals surface area contributed by atoms with E-state index >= 15 is 0 Å². The number of nitrogens with zero attached hydrogens (tertiary/aromatic N) is 1. The number of aromatic nitrogens is 1. The average Bonchev–Trinajstić information content (AvgIpc) is 2.37. The second-order valence-corrected chi connectivity index (χ2v) is 4.06. The van der Waals surface area contributed by atoms with Crippen molar-refractivity contribution in [2.45, 2.75) is 13.5 Å². The molecule has 0 saturated heterocycles. The zero-order chi connectivity index (χ0) is 13.0. The topological polar surface area (TPSA) is 62.2 Å². The molecule has 0 spiro atoms. The molecular formula is C14H14N2O2. The van der Waals surface area contributed by atoms with Crippen LogP contribution in [0.4, 0.5) is 0 Å². The first-order chi connectivity index (χ1) is 8.66. The molecule has 1 aromatic heterocycles. The van der Waals surface area contributed by atoms with Crippen LogP contribution in [0.3, 0.4) is 0 Å². The number of aromatic hydroxyl groups is 1. The van der Waals surface area contributed by atoms with Crippen molar-refractivity contribution in [3.63, 3.8) is 0 Å². The van der Waals surface area contributed by atoms with Gasteiger partial charge in [0.15, 0.2) is 0 Å². The highest BCUT2D eigenvalue weighted by Gasteiger charge is 2.07. The molecule has 2 N–H and O–H groups in total. The summed E-state index contributed by atoms with van der Waals surface area (Å²) in [6, 6.07) is 8.69. The van der Waals surface area contributed by atoms with E-state index < -0.39 is 0 Å². The maximum atomic E-state index is 11.8. The van der Waals surface area contributed by atoms with Gasteiger partial charge in [-0.05, 0) is 24.6 Å². The molecule has 0 unspecified atom stereocenters. The fourth-order valence-electron chi connectivity index (χ4n) is 1.62. The van der Waals surface area contributed by atoms with Crippen molar-refractivity contribution in [3.05, 3.63) is 59.4 Å². The minimum atomic E-state index is -0.200. The molecule has 0 fully saturated rings. The van der Waals surface area contributed by atoms with Gasteiger partial charge in [-0.25, -0.2) is 0 Å². The van der Waals surface area contributed by atoms with Crippen LogP contribution in [0.25, 0.3) is 0 Å². The molecule has 0 bridgehead atoms. The number of hydrogen-bond donors (Lipinski definition) is 2. The van der Waals surface area contributed by atoms with Gasteiger partial charge in [0.2, 0.25) is 0 Å². The van der Waals surface area contributed by atoms with E-state index in [1.54, 1.807) is 30.5 Å². The number of aryl methyl sites for hydroxylation is 1. The predicted molar refractivity (Wildman–Crippen MR) is 68.3 cm³/mol. The number of hydrogen-bond acceptors (Lipinski definition) is 3. The third-order valence-corrected chi connectivity index (χ3v) is 2.57. The van der Waals surface area contributed by atoms with E-state index in [1.807, 2.05) is 13.0 Å². The number of pyridine rings is 1. The van der Waals surface area contributed by atoms with E-state index in [0.29, 0.717) is 17.7 Å². The lowest BCUT2D eigenvalue weighted by molar-refractivity contribution is 0.0950. The van der Waals surface area contributed by atoms with Crippen molar-refractivity contribution >= 4 is 5.91 Å². The van der Waals surface area contributed by atoms with Crippen LogP contribution in [0, 0.1) is 6.92 Å². The molecule has 4 nitrogen and oxygen atoms in total. The normalized spacial score (nSPS) is 10.1. The molecule has 0 radical (unpaired) electrons. The largest absolute Gasteiger partial charge is 0.508 e. The van der Waals surface area contributed by atoms with E-state index in [0.717, 1.165) is 5.56 Å². The van der Waals surface area contributed by atoms with Crippen LogP contribution in [-0.2, 0) is 6.54 Å². The lowest BCUT2D eigenvalue weighted by atomic mass is 10.2. The monoisotopic (exact) mass is 242 g/mol. The fourth-order valence-corrected chi connectivity index (χ4v) is 1.62. The SMILES string of the molecule is Cc1cncc(C(=O)NCc2ccccc2O)c1. The summed E-state index contributed by atoms with van der Waals surface area (Å²) >= 11 is 0. The number of phenolic OH excluding ortho intramolecular Hbond substituents is 1. The Kier molecular flexibility index (Phi) is 3.57. The summed E-state index contributed by atoms with van der Waals surface area (Å²) in [5.41, 5.74) is 2.14. The highest BCUT2D eigenvalue weighted by Crippen LogP contribution is 2.15. The smallest absolute Gasteiger partial charge is 0.253 e. The van der Waals surface area contributed by atoms with E-state index in [-0.39, 0.29) is 11.7 Å². The fraction of sp³-hybridized carbons (Fsp3) is 0.143. The number of nitrogens with one attached hydrogen (secondary N) is 1. The second kappa shape index (κ2) is 5.31. The van der Waals surface area contributed by atoms with Gasteiger partial charge in [-0.1, -0.05) is 18.2 Å². The quantitative estimate of drug-likeness (QED) is 0.865. The third kappa shape index (κ3) is 2.85. The Labute approximate surface area is 105 Å². The molecule has 0 atom stereocenters. The predicted octanol–water partition coefficient (Wildman–Crippen LogP) is 2.03. The number of carbonyl (C=O) groups is 1. The van der Waals surface area contributed by atoms with Gasteiger partial charge in [0.05, 0.1) is 5.56 Å². The highest BCUT2D eigenvalue weighted by molar-refractivity contribution is 5.93. The Morgan fingerprint density at radius 1 is 1.33 bits per heavy atom. The molecule has 18 heavy (non-hydrogen) atoms. The minimum Gasteiger partial charge on any atom is -0.508 e. The second-order valence-electron chi connectivity index (χ2n) is 4.06. The summed E-state index contributed by atoms with van der Waals surface area (Å²) in [6.07, 6.45) is 3.22. The van der Waals surface area contributed by atoms with E-state index in [4.69, 9.17) is 0 Å². The number of carbonyl (C=O) groups excluding carboxylic acids is 1. The molecule has 4 heteroatoms. The van der Waals surface area contributed by atoms with Crippen LogP contribution in [0.15, 0.2) is 42.7 Å². The summed E-state index contributed by atoms with van der Waals surface area (Å²) in [7, 11) is 0. The van der Waals surface area contributed by atoms with Gasteiger partial charge in [0.1, 0.15) is 5.75 Å². The molecule has 0 aliphatic carbocycles. The zero-order valence-electron chi connectivity index (χ0n) is 10.1. The van der Waals surface area contributed by atoms with Gasteiger partial charge in [0, 0.05) is 24.5 Å². The molecule has 92 valence electrons. The Morgan fingerprint density at radius 3 is 2.83 bits per heavy atom. The molecule has 1 heterocycles. The Morgan fingerprint density at radius 2 is 2.11 bits per heavy atom. The molecule has 0 saturated carbocycles. The van der Waals surface area contributed by atoms with Crippen LogP contribution in [-0.4, -0.2) is 16.0 Å². The zero-order valence-corrected chi connectivity index (χ0v) is 10.1. The van der Waals surface area contributed by atoms with Crippen LogP contribution in [0.1, 0.15) is 21.5 Å². The Balaban J connectivity index is 2.03. The van der Waals surface area contributed by atoms with Crippen LogP contribution in [0.5, 0.6) is 5.75 Å². The molecule has 1 amide bonds. The van der Waals surface area contributed by atoms with Gasteiger partial charge in [0.25, 0.3) is 5.91 Å². The summed E-state index contributed by atoms with van der Waals surface area (Å²) in [6.45, 7) is 2.17. The average molecular weight is 242 g/mol. The summed E-state index contributed by atoms with van der Waals surface area (Å²) in [4.78, 5) is 15.8. The lowest BCUT2D eigenvalue weighted by Gasteiger charge is -2.07. The summed E-state index contributed by atoms with van der Waals surface area (Å²) in [5, 5.41) is 12.3. The van der Waals surface area contributed by atoms with Crippen molar-refractivity contribution in [3.8, 4) is 5.75 Å². The van der Waals surface area contributed by atoms with Crippen LogP contribution < -0.4 is 5.32 Å². The maximum absolute atomic E-state index is 11.8. The number of rotatable bonds is 3. The summed E-state index contributed by atoms with van der Waals surface area (Å²) in [5.74, 6) is -0.0189. The van der Waals surface area contributed by atoms with Crippen LogP contribution in [0.2, 0.25) is 0 Å². The standard InChI is InChI=1S/C14H14N2O2/c1-10-6-12(8-15-7-10)14(18)16-9-11-4-2-3-5-13(11)17/h2-8,17H,9H2,1H3,(H,16,18).